The van der Waals surface area contributed by atoms with E-state index in [0.717, 1.165) is 5.69 Å². The van der Waals surface area contributed by atoms with Crippen LogP contribution in [-0.2, 0) is 9.59 Å². The quantitative estimate of drug-likeness (QED) is 0.892. The van der Waals surface area contributed by atoms with Crippen molar-refractivity contribution >= 4 is 28.9 Å². The van der Waals surface area contributed by atoms with E-state index in [9.17, 15) is 14.0 Å². The molecule has 5 nitrogen and oxygen atoms in total. The van der Waals surface area contributed by atoms with Crippen LogP contribution >= 0.6 is 0 Å². The van der Waals surface area contributed by atoms with Crippen LogP contribution in [-0.4, -0.2) is 25.4 Å². The summed E-state index contributed by atoms with van der Waals surface area (Å²) in [5, 5.41) is 5.64. The third-order valence-corrected chi connectivity index (χ3v) is 3.31. The number of nitrogens with one attached hydrogen (secondary N) is 2. The second kappa shape index (κ2) is 7.40. The van der Waals surface area contributed by atoms with Crippen LogP contribution in [0.3, 0.4) is 0 Å². The molecule has 2 N–H and O–H groups in total. The molecule has 0 aliphatic rings. The highest BCUT2D eigenvalue weighted by Gasteiger charge is 2.06. The van der Waals surface area contributed by atoms with Gasteiger partial charge in [0, 0.05) is 31.0 Å². The van der Waals surface area contributed by atoms with Crippen molar-refractivity contribution in [3.05, 3.63) is 54.3 Å². The molecule has 2 aromatic carbocycles. The summed E-state index contributed by atoms with van der Waals surface area (Å²) in [6.07, 6.45) is 0. The smallest absolute Gasteiger partial charge is 0.243 e. The molecule has 0 spiro atoms. The number of hydrogen-bond acceptors (Lipinski definition) is 3. The molecule has 0 atom stereocenters. The fourth-order valence-electron chi connectivity index (χ4n) is 1.91. The molecule has 2 aromatic rings. The Hall–Kier alpha value is -2.89. The minimum absolute atomic E-state index is 0.0646. The Morgan fingerprint density at radius 2 is 1.57 bits per heavy atom. The van der Waals surface area contributed by atoms with E-state index >= 15 is 0 Å². The van der Waals surface area contributed by atoms with Gasteiger partial charge in [-0.2, -0.15) is 0 Å². The number of hydrogen-bond donors (Lipinski definition) is 2. The summed E-state index contributed by atoms with van der Waals surface area (Å²) in [5.41, 5.74) is 2.05. The van der Waals surface area contributed by atoms with Gasteiger partial charge in [0.1, 0.15) is 5.82 Å². The molecular formula is C17H18FN3O2. The molecule has 2 rings (SSSR count). The van der Waals surface area contributed by atoms with Crippen molar-refractivity contribution in [1.29, 1.82) is 0 Å². The molecular weight excluding hydrogens is 297 g/mol. The highest BCUT2D eigenvalue weighted by atomic mass is 19.1. The third-order valence-electron chi connectivity index (χ3n) is 3.31. The van der Waals surface area contributed by atoms with Crippen LogP contribution in [0.15, 0.2) is 48.5 Å². The topological polar surface area (TPSA) is 61.4 Å². The summed E-state index contributed by atoms with van der Waals surface area (Å²) < 4.78 is 12.8. The minimum atomic E-state index is -0.323. The average molecular weight is 315 g/mol. The van der Waals surface area contributed by atoms with Gasteiger partial charge in [-0.05, 0) is 48.5 Å². The maximum Gasteiger partial charge on any atom is 0.243 e. The Bertz CT molecular complexity index is 684. The van der Waals surface area contributed by atoms with E-state index in [1.54, 1.807) is 43.4 Å². The molecule has 2 amide bonds. The van der Waals surface area contributed by atoms with Gasteiger partial charge in [0.25, 0.3) is 0 Å². The fraction of sp³-hybridized carbons (Fsp3) is 0.176. The van der Waals surface area contributed by atoms with Gasteiger partial charge in [-0.25, -0.2) is 4.39 Å². The fourth-order valence-corrected chi connectivity index (χ4v) is 1.91. The summed E-state index contributed by atoms with van der Waals surface area (Å²) in [6, 6.07) is 12.7. The van der Waals surface area contributed by atoms with E-state index in [2.05, 4.69) is 10.6 Å². The van der Waals surface area contributed by atoms with E-state index in [0.29, 0.717) is 11.4 Å². The van der Waals surface area contributed by atoms with E-state index in [-0.39, 0.29) is 24.2 Å². The van der Waals surface area contributed by atoms with E-state index in [4.69, 9.17) is 0 Å². The summed E-state index contributed by atoms with van der Waals surface area (Å²) >= 11 is 0. The van der Waals surface area contributed by atoms with Gasteiger partial charge < -0.3 is 15.5 Å². The maximum atomic E-state index is 12.8. The lowest BCUT2D eigenvalue weighted by Crippen LogP contribution is -2.23. The maximum absolute atomic E-state index is 12.8. The van der Waals surface area contributed by atoms with Gasteiger partial charge in [0.05, 0.1) is 6.54 Å². The number of carbonyl (C=O) groups excluding carboxylic acids is 2. The van der Waals surface area contributed by atoms with Gasteiger partial charge in [-0.15, -0.1) is 0 Å². The summed E-state index contributed by atoms with van der Waals surface area (Å²) in [7, 11) is 1.68. The van der Waals surface area contributed by atoms with Gasteiger partial charge in [-0.1, -0.05) is 0 Å². The van der Waals surface area contributed by atoms with Gasteiger partial charge in [0.15, 0.2) is 0 Å². The molecule has 0 aliphatic carbocycles. The van der Waals surface area contributed by atoms with E-state index in [1.165, 1.54) is 24.0 Å². The SMILES string of the molecule is CC(=O)N(C)c1ccc(NC(=O)CNc2ccc(F)cc2)cc1. The van der Waals surface area contributed by atoms with Crippen LogP contribution in [0.25, 0.3) is 0 Å². The number of halogens is 1. The lowest BCUT2D eigenvalue weighted by Gasteiger charge is -2.15. The van der Waals surface area contributed by atoms with Crippen LogP contribution in [0.4, 0.5) is 21.5 Å². The molecule has 0 heterocycles. The van der Waals surface area contributed by atoms with E-state index in [1.807, 2.05) is 0 Å². The molecule has 120 valence electrons. The molecule has 23 heavy (non-hydrogen) atoms. The molecule has 0 aromatic heterocycles. The first kappa shape index (κ1) is 16.5. The molecule has 0 unspecified atom stereocenters. The molecule has 0 aliphatic heterocycles. The minimum Gasteiger partial charge on any atom is -0.376 e. The average Bonchev–Trinajstić information content (AvgIpc) is 2.54. The Kier molecular flexibility index (Phi) is 5.30. The van der Waals surface area contributed by atoms with Crippen molar-refractivity contribution in [1.82, 2.24) is 0 Å². The largest absolute Gasteiger partial charge is 0.376 e. The third kappa shape index (κ3) is 4.81. The van der Waals surface area contributed by atoms with Crippen LogP contribution in [0.1, 0.15) is 6.92 Å². The zero-order chi connectivity index (χ0) is 16.8. The first-order valence-corrected chi connectivity index (χ1v) is 7.09. The Morgan fingerprint density at radius 1 is 1.00 bits per heavy atom. The van der Waals surface area contributed by atoms with Crippen LogP contribution in [0.5, 0.6) is 0 Å². The molecule has 0 fully saturated rings. The van der Waals surface area contributed by atoms with Crippen LogP contribution in [0, 0.1) is 5.82 Å². The van der Waals surface area contributed by atoms with Gasteiger partial charge in [-0.3, -0.25) is 9.59 Å². The second-order valence-corrected chi connectivity index (χ2v) is 5.03. The molecule has 6 heteroatoms. The van der Waals surface area contributed by atoms with Crippen molar-refractivity contribution in [3.8, 4) is 0 Å². The Labute approximate surface area is 134 Å². The van der Waals surface area contributed by atoms with Crippen molar-refractivity contribution in [2.24, 2.45) is 0 Å². The van der Waals surface area contributed by atoms with Crippen LogP contribution < -0.4 is 15.5 Å². The number of carbonyl (C=O) groups is 2. The van der Waals surface area contributed by atoms with Crippen molar-refractivity contribution < 1.29 is 14.0 Å². The van der Waals surface area contributed by atoms with Gasteiger partial charge in [0.2, 0.25) is 11.8 Å². The van der Waals surface area contributed by atoms with Crippen molar-refractivity contribution in [2.45, 2.75) is 6.92 Å². The lowest BCUT2D eigenvalue weighted by molar-refractivity contribution is -0.116. The zero-order valence-electron chi connectivity index (χ0n) is 13.0. The Morgan fingerprint density at radius 3 is 2.13 bits per heavy atom. The normalized spacial score (nSPS) is 10.0. The Balaban J connectivity index is 1.87. The highest BCUT2D eigenvalue weighted by molar-refractivity contribution is 5.94. The van der Waals surface area contributed by atoms with Crippen LogP contribution in [0.2, 0.25) is 0 Å². The monoisotopic (exact) mass is 315 g/mol. The predicted molar refractivity (Wildman–Crippen MR) is 89.0 cm³/mol. The predicted octanol–water partition coefficient (Wildman–Crippen LogP) is 2.86. The van der Waals surface area contributed by atoms with Crippen molar-refractivity contribution in [2.75, 3.05) is 29.1 Å². The number of benzene rings is 2. The van der Waals surface area contributed by atoms with Crippen molar-refractivity contribution in [3.63, 3.8) is 0 Å². The standard InChI is InChI=1S/C17H18FN3O2/c1-12(22)21(2)16-9-7-15(8-10-16)20-17(23)11-19-14-5-3-13(18)4-6-14/h3-10,19H,11H2,1-2H3,(H,20,23). The van der Waals surface area contributed by atoms with E-state index < -0.39 is 0 Å². The second-order valence-electron chi connectivity index (χ2n) is 5.03. The molecule has 0 saturated heterocycles. The first-order valence-electron chi connectivity index (χ1n) is 7.09. The number of anilines is 3. The summed E-state index contributed by atoms with van der Waals surface area (Å²) in [6.45, 7) is 1.55. The number of rotatable bonds is 5. The number of nitrogens with zero attached hydrogens (tertiary/aromatic N) is 1. The highest BCUT2D eigenvalue weighted by Crippen LogP contribution is 2.17. The van der Waals surface area contributed by atoms with Gasteiger partial charge >= 0.3 is 0 Å². The number of amides is 2. The molecule has 0 saturated carbocycles. The summed E-state index contributed by atoms with van der Waals surface area (Å²) in [5.74, 6) is -0.608. The summed E-state index contributed by atoms with van der Waals surface area (Å²) in [4.78, 5) is 24.7. The molecule has 0 radical (unpaired) electrons. The molecule has 0 bridgehead atoms. The lowest BCUT2D eigenvalue weighted by atomic mass is 10.2. The first-order chi connectivity index (χ1) is 11.0. The zero-order valence-corrected chi connectivity index (χ0v) is 13.0.